The van der Waals surface area contributed by atoms with Crippen LogP contribution in [-0.2, 0) is 24.3 Å². The maximum Gasteiger partial charge on any atom is 0.343 e. The molecule has 0 bridgehead atoms. The number of esters is 1. The van der Waals surface area contributed by atoms with E-state index in [9.17, 15) is 22.4 Å². The molecule has 0 aliphatic rings. The Balaban J connectivity index is 1.68. The molecule has 1 amide bonds. The van der Waals surface area contributed by atoms with E-state index in [0.29, 0.717) is 11.3 Å². The minimum absolute atomic E-state index is 0.0184. The van der Waals surface area contributed by atoms with Gasteiger partial charge in [0.2, 0.25) is 0 Å². The number of sulfonamides is 1. The highest BCUT2D eigenvalue weighted by Gasteiger charge is 2.27. The molecule has 0 aliphatic heterocycles. The molecule has 0 fully saturated rings. The summed E-state index contributed by atoms with van der Waals surface area (Å²) in [6.07, 6.45) is 1.36. The Morgan fingerprint density at radius 2 is 1.66 bits per heavy atom. The van der Waals surface area contributed by atoms with Crippen molar-refractivity contribution in [2.45, 2.75) is 4.90 Å². The Bertz CT molecular complexity index is 1280. The molecule has 0 radical (unpaired) electrons. The van der Waals surface area contributed by atoms with Crippen LogP contribution >= 0.6 is 0 Å². The van der Waals surface area contributed by atoms with E-state index in [1.165, 1.54) is 37.6 Å². The Kier molecular flexibility index (Phi) is 8.52. The highest BCUT2D eigenvalue weighted by Crippen LogP contribution is 2.23. The number of ether oxygens (including phenoxy) is 2. The van der Waals surface area contributed by atoms with Crippen molar-refractivity contribution in [2.75, 3.05) is 24.6 Å². The van der Waals surface area contributed by atoms with Gasteiger partial charge in [0.25, 0.3) is 15.9 Å². The van der Waals surface area contributed by atoms with Crippen LogP contribution in [0.5, 0.6) is 5.75 Å². The molecule has 0 aromatic heterocycles. The van der Waals surface area contributed by atoms with E-state index in [2.05, 4.69) is 15.3 Å². The monoisotopic (exact) mass is 499 g/mol. The quantitative estimate of drug-likeness (QED) is 0.261. The van der Waals surface area contributed by atoms with Gasteiger partial charge in [-0.15, -0.1) is 0 Å². The highest BCUT2D eigenvalue weighted by molar-refractivity contribution is 7.92. The molecule has 35 heavy (non-hydrogen) atoms. The van der Waals surface area contributed by atoms with Gasteiger partial charge in [-0.1, -0.05) is 18.2 Å². The molecule has 3 aromatic rings. The first-order chi connectivity index (χ1) is 16.8. The van der Waals surface area contributed by atoms with E-state index in [-0.39, 0.29) is 17.2 Å². The second kappa shape index (κ2) is 11.7. The highest BCUT2D eigenvalue weighted by atomic mass is 32.2. The average Bonchev–Trinajstić information content (AvgIpc) is 2.87. The Labute approximate surface area is 201 Å². The smallest absolute Gasteiger partial charge is 0.343 e. The first kappa shape index (κ1) is 25.4. The lowest BCUT2D eigenvalue weighted by Gasteiger charge is -2.23. The molecule has 11 heteroatoms. The molecular formula is C24H22FN3O6S. The maximum atomic E-state index is 13.4. The number of nitrogens with one attached hydrogen (secondary N) is 1. The second-order valence-corrected chi connectivity index (χ2v) is 8.89. The summed E-state index contributed by atoms with van der Waals surface area (Å²) in [5, 5.41) is 3.85. The van der Waals surface area contributed by atoms with Crippen molar-refractivity contribution >= 4 is 33.8 Å². The van der Waals surface area contributed by atoms with E-state index in [0.717, 1.165) is 16.4 Å². The van der Waals surface area contributed by atoms with Crippen molar-refractivity contribution in [1.82, 2.24) is 5.43 Å². The molecule has 0 saturated heterocycles. The number of carbonyl (C=O) groups excluding carboxylic acids is 2. The summed E-state index contributed by atoms with van der Waals surface area (Å²) in [5.74, 6) is -1.32. The largest absolute Gasteiger partial charge is 0.482 e. The van der Waals surface area contributed by atoms with Crippen LogP contribution in [0.1, 0.15) is 5.56 Å². The van der Waals surface area contributed by atoms with Crippen LogP contribution in [0.15, 0.2) is 88.9 Å². The predicted molar refractivity (Wildman–Crippen MR) is 127 cm³/mol. The van der Waals surface area contributed by atoms with Gasteiger partial charge in [0.05, 0.1) is 23.9 Å². The lowest BCUT2D eigenvalue weighted by molar-refractivity contribution is -0.142. The van der Waals surface area contributed by atoms with Crippen LogP contribution < -0.4 is 14.5 Å². The fraction of sp³-hybridized carbons (Fsp3) is 0.125. The average molecular weight is 500 g/mol. The van der Waals surface area contributed by atoms with Crippen LogP contribution in [0, 0.1) is 5.82 Å². The summed E-state index contributed by atoms with van der Waals surface area (Å²) < 4.78 is 50.3. The molecule has 182 valence electrons. The molecular weight excluding hydrogens is 477 g/mol. The van der Waals surface area contributed by atoms with Crippen molar-refractivity contribution in [3.05, 3.63) is 90.2 Å². The van der Waals surface area contributed by atoms with Gasteiger partial charge in [-0.3, -0.25) is 9.10 Å². The van der Waals surface area contributed by atoms with E-state index >= 15 is 0 Å². The molecule has 0 unspecified atom stereocenters. The lowest BCUT2D eigenvalue weighted by atomic mass is 10.2. The Morgan fingerprint density at radius 3 is 2.29 bits per heavy atom. The summed E-state index contributed by atoms with van der Waals surface area (Å²) in [6, 6.07) is 18.9. The lowest BCUT2D eigenvalue weighted by Crippen LogP contribution is -2.39. The number of hydrazone groups is 1. The molecule has 9 nitrogen and oxygen atoms in total. The minimum Gasteiger partial charge on any atom is -0.482 e. The van der Waals surface area contributed by atoms with E-state index in [4.69, 9.17) is 4.74 Å². The zero-order valence-corrected chi connectivity index (χ0v) is 19.4. The van der Waals surface area contributed by atoms with Crippen LogP contribution in [-0.4, -0.2) is 46.8 Å². The molecule has 0 saturated carbocycles. The van der Waals surface area contributed by atoms with Crippen molar-refractivity contribution in [1.29, 1.82) is 0 Å². The molecule has 3 aromatic carbocycles. The summed E-state index contributed by atoms with van der Waals surface area (Å²) in [6.45, 7) is -0.809. The van der Waals surface area contributed by atoms with Crippen molar-refractivity contribution < 1.29 is 31.9 Å². The number of rotatable bonds is 10. The van der Waals surface area contributed by atoms with Gasteiger partial charge in [0, 0.05) is 0 Å². The van der Waals surface area contributed by atoms with Gasteiger partial charge in [0.1, 0.15) is 18.1 Å². The fourth-order valence-corrected chi connectivity index (χ4v) is 4.28. The number of benzene rings is 3. The van der Waals surface area contributed by atoms with Gasteiger partial charge < -0.3 is 9.47 Å². The van der Waals surface area contributed by atoms with E-state index < -0.39 is 34.3 Å². The third-order valence-corrected chi connectivity index (χ3v) is 6.39. The van der Waals surface area contributed by atoms with Gasteiger partial charge in [-0.2, -0.15) is 5.10 Å². The third kappa shape index (κ3) is 7.11. The molecule has 0 atom stereocenters. The Morgan fingerprint density at radius 1 is 1.00 bits per heavy atom. The standard InChI is InChI=1S/C24H22FN3O6S/c1-33-24(30)17-34-21-13-7-18(8-14-21)15-26-27-23(29)16-28(20-11-9-19(25)10-12-20)35(31,32)22-5-3-2-4-6-22/h2-15H,16-17H2,1H3,(H,27,29)/b26-15-. The molecule has 0 aliphatic carbocycles. The normalized spacial score (nSPS) is 11.1. The maximum absolute atomic E-state index is 13.4. The topological polar surface area (TPSA) is 114 Å². The molecule has 1 N–H and O–H groups in total. The number of methoxy groups -OCH3 is 1. The number of hydrogen-bond acceptors (Lipinski definition) is 7. The molecule has 0 heterocycles. The number of amides is 1. The number of halogens is 1. The van der Waals surface area contributed by atoms with E-state index in [1.54, 1.807) is 42.5 Å². The SMILES string of the molecule is COC(=O)COc1ccc(/C=N\NC(=O)CN(c2ccc(F)cc2)S(=O)(=O)c2ccccc2)cc1. The third-order valence-electron chi connectivity index (χ3n) is 4.60. The van der Waals surface area contributed by atoms with Crippen LogP contribution in [0.25, 0.3) is 0 Å². The van der Waals surface area contributed by atoms with E-state index in [1.807, 2.05) is 0 Å². The summed E-state index contributed by atoms with van der Waals surface area (Å²) >= 11 is 0. The molecule has 0 spiro atoms. The summed E-state index contributed by atoms with van der Waals surface area (Å²) in [4.78, 5) is 23.6. The van der Waals surface area contributed by atoms with Gasteiger partial charge >= 0.3 is 5.97 Å². The second-order valence-electron chi connectivity index (χ2n) is 7.03. The zero-order chi connectivity index (χ0) is 25.3. The first-order valence-corrected chi connectivity index (χ1v) is 11.7. The summed E-state index contributed by atoms with van der Waals surface area (Å²) in [5.41, 5.74) is 3.02. The van der Waals surface area contributed by atoms with Crippen molar-refractivity contribution in [2.24, 2.45) is 5.10 Å². The van der Waals surface area contributed by atoms with Gasteiger partial charge in [-0.05, 0) is 66.2 Å². The van der Waals surface area contributed by atoms with Gasteiger partial charge in [0.15, 0.2) is 6.61 Å². The van der Waals surface area contributed by atoms with Crippen LogP contribution in [0.3, 0.4) is 0 Å². The zero-order valence-electron chi connectivity index (χ0n) is 18.6. The Hall–Kier alpha value is -4.25. The summed E-state index contributed by atoms with van der Waals surface area (Å²) in [7, 11) is -2.85. The first-order valence-electron chi connectivity index (χ1n) is 10.2. The van der Waals surface area contributed by atoms with Crippen LogP contribution in [0.2, 0.25) is 0 Å². The fourth-order valence-electron chi connectivity index (χ4n) is 2.84. The predicted octanol–water partition coefficient (Wildman–Crippen LogP) is 2.72. The molecule has 3 rings (SSSR count). The number of nitrogens with zero attached hydrogens (tertiary/aromatic N) is 2. The van der Waals surface area contributed by atoms with Crippen molar-refractivity contribution in [3.8, 4) is 5.75 Å². The minimum atomic E-state index is -4.11. The number of anilines is 1. The number of hydrogen-bond donors (Lipinski definition) is 1. The van der Waals surface area contributed by atoms with Crippen LogP contribution in [0.4, 0.5) is 10.1 Å². The van der Waals surface area contributed by atoms with Gasteiger partial charge in [-0.25, -0.2) is 23.0 Å². The number of carbonyl (C=O) groups is 2. The van der Waals surface area contributed by atoms with Crippen molar-refractivity contribution in [3.63, 3.8) is 0 Å².